The molecule has 0 aliphatic carbocycles. The number of benzene rings is 2. The van der Waals surface area contributed by atoms with Gasteiger partial charge in [0.25, 0.3) is 0 Å². The molecule has 0 spiro atoms. The van der Waals surface area contributed by atoms with Gasteiger partial charge in [-0.1, -0.05) is 60.7 Å². The van der Waals surface area contributed by atoms with Crippen molar-refractivity contribution in [1.82, 2.24) is 15.2 Å². The Morgan fingerprint density at radius 2 is 1.82 bits per heavy atom. The molecule has 1 N–H and O–H groups in total. The Labute approximate surface area is 168 Å². The van der Waals surface area contributed by atoms with Crippen LogP contribution in [0.2, 0.25) is 0 Å². The van der Waals surface area contributed by atoms with Crippen molar-refractivity contribution >= 4 is 23.2 Å². The molecule has 4 rings (SSSR count). The predicted octanol–water partition coefficient (Wildman–Crippen LogP) is 2.92. The fourth-order valence-corrected chi connectivity index (χ4v) is 4.22. The molecule has 1 aromatic heterocycles. The third-order valence-electron chi connectivity index (χ3n) is 4.72. The van der Waals surface area contributed by atoms with Crippen molar-refractivity contribution < 1.29 is 9.59 Å². The maximum atomic E-state index is 12.8. The number of hydrogen-bond donors (Lipinski definition) is 1. The molecule has 1 atom stereocenters. The molecule has 0 unspecified atom stereocenters. The highest BCUT2D eigenvalue weighted by Gasteiger charge is 2.28. The molecule has 0 saturated carbocycles. The molecule has 1 aliphatic rings. The molecule has 1 fully saturated rings. The van der Waals surface area contributed by atoms with Crippen LogP contribution in [0.4, 0.5) is 0 Å². The van der Waals surface area contributed by atoms with Crippen LogP contribution in [0.1, 0.15) is 11.3 Å². The number of nitrogens with zero attached hydrogens (tertiary/aromatic N) is 2. The van der Waals surface area contributed by atoms with Gasteiger partial charge in [-0.2, -0.15) is 0 Å². The van der Waals surface area contributed by atoms with Crippen LogP contribution >= 0.6 is 11.3 Å². The maximum absolute atomic E-state index is 12.8. The molecule has 2 aromatic carbocycles. The van der Waals surface area contributed by atoms with Gasteiger partial charge in [0.15, 0.2) is 0 Å². The second-order valence-electron chi connectivity index (χ2n) is 6.92. The zero-order chi connectivity index (χ0) is 19.3. The first kappa shape index (κ1) is 18.4. The van der Waals surface area contributed by atoms with Crippen molar-refractivity contribution in [3.8, 4) is 10.6 Å². The minimum absolute atomic E-state index is 0.0576. The van der Waals surface area contributed by atoms with E-state index in [-0.39, 0.29) is 30.8 Å². The third-order valence-corrected chi connectivity index (χ3v) is 5.66. The summed E-state index contributed by atoms with van der Waals surface area (Å²) < 4.78 is 0. The summed E-state index contributed by atoms with van der Waals surface area (Å²) in [7, 11) is 0. The minimum Gasteiger partial charge on any atom is -0.350 e. The summed E-state index contributed by atoms with van der Waals surface area (Å²) in [5.74, 6) is -0.165. The zero-order valence-corrected chi connectivity index (χ0v) is 16.2. The first-order valence-corrected chi connectivity index (χ1v) is 10.2. The number of rotatable bonds is 5. The number of carbonyl (C=O) groups is 2. The number of carbonyl (C=O) groups excluding carboxylic acids is 2. The molecule has 3 aromatic rings. The number of thiazole rings is 1. The number of aromatic nitrogens is 1. The average molecular weight is 391 g/mol. The predicted molar refractivity (Wildman–Crippen MR) is 110 cm³/mol. The summed E-state index contributed by atoms with van der Waals surface area (Å²) in [5.41, 5.74) is 2.94. The Bertz CT molecular complexity index is 956. The number of nitrogens with one attached hydrogen (secondary N) is 1. The standard InChI is InChI=1S/C22H21N3O2S/c26-20-14-25(13-18(23-20)11-16-7-3-1-4-8-16)21(27)12-19-15-28-22(24-19)17-9-5-2-6-10-17/h1-10,15,18H,11-14H2,(H,23,26)/t18-/m0/s1. The van der Waals surface area contributed by atoms with Gasteiger partial charge in [0, 0.05) is 17.5 Å². The van der Waals surface area contributed by atoms with Gasteiger partial charge in [-0.05, 0) is 12.0 Å². The molecule has 1 aliphatic heterocycles. The second kappa shape index (κ2) is 8.35. The van der Waals surface area contributed by atoms with Gasteiger partial charge in [0.05, 0.1) is 24.7 Å². The van der Waals surface area contributed by atoms with Crippen molar-refractivity contribution in [2.24, 2.45) is 0 Å². The smallest absolute Gasteiger partial charge is 0.239 e. The summed E-state index contributed by atoms with van der Waals surface area (Å²) >= 11 is 1.53. The van der Waals surface area contributed by atoms with Crippen molar-refractivity contribution in [1.29, 1.82) is 0 Å². The van der Waals surface area contributed by atoms with Crippen molar-refractivity contribution in [3.63, 3.8) is 0 Å². The van der Waals surface area contributed by atoms with Crippen LogP contribution in [-0.2, 0) is 22.4 Å². The lowest BCUT2D eigenvalue weighted by molar-refractivity contribution is -0.139. The quantitative estimate of drug-likeness (QED) is 0.727. The Balaban J connectivity index is 1.40. The lowest BCUT2D eigenvalue weighted by atomic mass is 10.0. The number of piperazine rings is 1. The Hall–Kier alpha value is -2.99. The van der Waals surface area contributed by atoms with E-state index >= 15 is 0 Å². The monoisotopic (exact) mass is 391 g/mol. The molecule has 1 saturated heterocycles. The van der Waals surface area contributed by atoms with E-state index in [9.17, 15) is 9.59 Å². The number of hydrogen-bond acceptors (Lipinski definition) is 4. The van der Waals surface area contributed by atoms with Gasteiger partial charge in [0.2, 0.25) is 11.8 Å². The van der Waals surface area contributed by atoms with E-state index in [1.165, 1.54) is 11.3 Å². The average Bonchev–Trinajstić information content (AvgIpc) is 3.17. The van der Waals surface area contributed by atoms with Crippen LogP contribution < -0.4 is 5.32 Å². The molecule has 6 heteroatoms. The molecule has 2 heterocycles. The third kappa shape index (κ3) is 4.46. The molecule has 0 bridgehead atoms. The second-order valence-corrected chi connectivity index (χ2v) is 7.77. The highest BCUT2D eigenvalue weighted by molar-refractivity contribution is 7.13. The van der Waals surface area contributed by atoms with Gasteiger partial charge in [0.1, 0.15) is 5.01 Å². The van der Waals surface area contributed by atoms with Crippen LogP contribution in [0.25, 0.3) is 10.6 Å². The number of amides is 2. The molecule has 2 amide bonds. The molecule has 142 valence electrons. The van der Waals surface area contributed by atoms with Gasteiger partial charge >= 0.3 is 0 Å². The molecular formula is C22H21N3O2S. The van der Waals surface area contributed by atoms with E-state index < -0.39 is 0 Å². The Kier molecular flexibility index (Phi) is 5.48. The van der Waals surface area contributed by atoms with Crippen LogP contribution in [-0.4, -0.2) is 40.8 Å². The molecular weight excluding hydrogens is 370 g/mol. The van der Waals surface area contributed by atoms with Crippen LogP contribution in [0.3, 0.4) is 0 Å². The summed E-state index contributed by atoms with van der Waals surface area (Å²) in [5, 5.41) is 5.82. The van der Waals surface area contributed by atoms with E-state index in [4.69, 9.17) is 0 Å². The van der Waals surface area contributed by atoms with Crippen LogP contribution in [0.15, 0.2) is 66.0 Å². The maximum Gasteiger partial charge on any atom is 0.239 e. The Morgan fingerprint density at radius 3 is 2.57 bits per heavy atom. The van der Waals surface area contributed by atoms with E-state index in [0.717, 1.165) is 21.8 Å². The molecule has 0 radical (unpaired) electrons. The van der Waals surface area contributed by atoms with Gasteiger partial charge < -0.3 is 10.2 Å². The van der Waals surface area contributed by atoms with E-state index in [1.807, 2.05) is 66.0 Å². The fourth-order valence-electron chi connectivity index (χ4n) is 3.40. The minimum atomic E-state index is -0.108. The van der Waals surface area contributed by atoms with Crippen molar-refractivity contribution in [2.45, 2.75) is 18.9 Å². The first-order chi connectivity index (χ1) is 13.7. The van der Waals surface area contributed by atoms with E-state index in [2.05, 4.69) is 10.3 Å². The fraction of sp³-hybridized carbons (Fsp3) is 0.227. The molecule has 28 heavy (non-hydrogen) atoms. The highest BCUT2D eigenvalue weighted by Crippen LogP contribution is 2.23. The lowest BCUT2D eigenvalue weighted by Gasteiger charge is -2.33. The summed E-state index contributed by atoms with van der Waals surface area (Å²) in [6.45, 7) is 0.634. The molecule has 5 nitrogen and oxygen atoms in total. The summed E-state index contributed by atoms with van der Waals surface area (Å²) in [6, 6.07) is 19.9. The normalized spacial score (nSPS) is 16.6. The lowest BCUT2D eigenvalue weighted by Crippen LogP contribution is -2.56. The topological polar surface area (TPSA) is 62.3 Å². The van der Waals surface area contributed by atoms with Crippen LogP contribution in [0.5, 0.6) is 0 Å². The van der Waals surface area contributed by atoms with Gasteiger partial charge in [-0.15, -0.1) is 11.3 Å². The van der Waals surface area contributed by atoms with Gasteiger partial charge in [-0.25, -0.2) is 4.98 Å². The summed E-state index contributed by atoms with van der Waals surface area (Å²) in [6.07, 6.45) is 0.930. The first-order valence-electron chi connectivity index (χ1n) is 9.28. The van der Waals surface area contributed by atoms with Crippen molar-refractivity contribution in [2.75, 3.05) is 13.1 Å². The summed E-state index contributed by atoms with van der Waals surface area (Å²) in [4.78, 5) is 31.1. The van der Waals surface area contributed by atoms with Gasteiger partial charge in [-0.3, -0.25) is 9.59 Å². The Morgan fingerprint density at radius 1 is 1.11 bits per heavy atom. The van der Waals surface area contributed by atoms with E-state index in [1.54, 1.807) is 4.90 Å². The largest absolute Gasteiger partial charge is 0.350 e. The highest BCUT2D eigenvalue weighted by atomic mass is 32.1. The zero-order valence-electron chi connectivity index (χ0n) is 15.4. The van der Waals surface area contributed by atoms with E-state index in [0.29, 0.717) is 13.0 Å². The van der Waals surface area contributed by atoms with Crippen LogP contribution in [0, 0.1) is 0 Å². The van der Waals surface area contributed by atoms with Crippen molar-refractivity contribution in [3.05, 3.63) is 77.3 Å². The SMILES string of the molecule is O=C1CN(C(=O)Cc2csc(-c3ccccc3)n2)C[C@H](Cc2ccccc2)N1.